The lowest BCUT2D eigenvalue weighted by atomic mass is 10.6. The van der Waals surface area contributed by atoms with Crippen LogP contribution in [0.15, 0.2) is 0 Å². The van der Waals surface area contributed by atoms with E-state index in [1.807, 2.05) is 0 Å². The molecule has 0 spiro atoms. The Labute approximate surface area is 131 Å². The zero-order valence-corrected chi connectivity index (χ0v) is 13.4. The second-order valence-electron chi connectivity index (χ2n) is 3.93. The van der Waals surface area contributed by atoms with Gasteiger partial charge in [-0.3, -0.25) is 4.79 Å². The van der Waals surface area contributed by atoms with Gasteiger partial charge in [0.05, 0.1) is 59.5 Å². The van der Waals surface area contributed by atoms with Gasteiger partial charge in [-0.15, -0.1) is 11.6 Å². The minimum Gasteiger partial charge on any atom is -0.382 e. The number of carbonyl (C=O) groups is 1. The van der Waals surface area contributed by atoms with E-state index in [2.05, 4.69) is 5.32 Å². The molecule has 0 heterocycles. The number of hydrogen-bond acceptors (Lipinski definition) is 6. The fraction of sp³-hybridized carbons (Fsp3) is 0.923. The summed E-state index contributed by atoms with van der Waals surface area (Å²) in [6.45, 7) is 5.21. The average Bonchev–Trinajstić information content (AvgIpc) is 2.50. The minimum absolute atomic E-state index is 0.0272. The zero-order valence-electron chi connectivity index (χ0n) is 12.6. The highest BCUT2D eigenvalue weighted by Gasteiger charge is 1.96. The van der Waals surface area contributed by atoms with E-state index in [9.17, 15) is 4.79 Å². The summed E-state index contributed by atoms with van der Waals surface area (Å²) in [5.41, 5.74) is 0. The molecule has 0 unspecified atom stereocenters. The van der Waals surface area contributed by atoms with Crippen molar-refractivity contribution in [2.24, 2.45) is 0 Å². The Balaban J connectivity index is 2.98. The highest BCUT2D eigenvalue weighted by molar-refractivity contribution is 6.27. The third-order valence-corrected chi connectivity index (χ3v) is 2.48. The molecule has 0 aromatic rings. The second kappa shape index (κ2) is 17.6. The topological polar surface area (TPSA) is 75.2 Å². The number of ether oxygens (including phenoxy) is 5. The van der Waals surface area contributed by atoms with Crippen LogP contribution >= 0.6 is 11.6 Å². The van der Waals surface area contributed by atoms with Crippen molar-refractivity contribution in [3.8, 4) is 0 Å². The lowest BCUT2D eigenvalue weighted by Gasteiger charge is -2.07. The molecule has 0 atom stereocenters. The molecule has 0 aliphatic heterocycles. The maximum Gasteiger partial charge on any atom is 0.235 e. The summed E-state index contributed by atoms with van der Waals surface area (Å²) in [4.78, 5) is 10.8. The molecule has 0 bridgehead atoms. The van der Waals surface area contributed by atoms with Crippen molar-refractivity contribution in [1.82, 2.24) is 5.32 Å². The highest BCUT2D eigenvalue weighted by atomic mass is 35.5. The number of carbonyl (C=O) groups excluding carboxylic acids is 1. The van der Waals surface area contributed by atoms with Gasteiger partial charge in [-0.05, 0) is 0 Å². The van der Waals surface area contributed by atoms with Gasteiger partial charge in [0.15, 0.2) is 0 Å². The standard InChI is InChI=1S/C13H26ClNO6/c1-17-4-5-19-8-9-21-11-10-20-7-6-18-3-2-15-13(16)12-14/h2-12H2,1H3,(H,15,16). The first kappa shape index (κ1) is 20.6. The van der Waals surface area contributed by atoms with Gasteiger partial charge in [-0.1, -0.05) is 0 Å². The number of methoxy groups -OCH3 is 1. The van der Waals surface area contributed by atoms with E-state index in [1.54, 1.807) is 7.11 Å². The first-order valence-electron chi connectivity index (χ1n) is 6.93. The van der Waals surface area contributed by atoms with Crippen molar-refractivity contribution in [3.05, 3.63) is 0 Å². The van der Waals surface area contributed by atoms with Gasteiger partial charge >= 0.3 is 0 Å². The molecule has 0 radical (unpaired) electrons. The number of halogens is 1. The molecule has 21 heavy (non-hydrogen) atoms. The Hall–Kier alpha value is -0.440. The van der Waals surface area contributed by atoms with Crippen LogP contribution in [0.1, 0.15) is 0 Å². The summed E-state index contributed by atoms with van der Waals surface area (Å²) in [5, 5.41) is 2.60. The van der Waals surface area contributed by atoms with Gasteiger partial charge in [0.1, 0.15) is 5.88 Å². The van der Waals surface area contributed by atoms with Crippen molar-refractivity contribution < 1.29 is 28.5 Å². The third-order valence-electron chi connectivity index (χ3n) is 2.24. The summed E-state index contributed by atoms with van der Waals surface area (Å²) in [5.74, 6) is -0.222. The Morgan fingerprint density at radius 1 is 0.810 bits per heavy atom. The monoisotopic (exact) mass is 327 g/mol. The molecule has 7 nitrogen and oxygen atoms in total. The van der Waals surface area contributed by atoms with E-state index in [1.165, 1.54) is 0 Å². The number of amides is 1. The molecule has 1 N–H and O–H groups in total. The quantitative estimate of drug-likeness (QED) is 0.319. The van der Waals surface area contributed by atoms with Crippen molar-refractivity contribution in [3.63, 3.8) is 0 Å². The van der Waals surface area contributed by atoms with Gasteiger partial charge in [0, 0.05) is 13.7 Å². The third kappa shape index (κ3) is 17.5. The second-order valence-corrected chi connectivity index (χ2v) is 4.19. The molecule has 1 amide bonds. The summed E-state index contributed by atoms with van der Waals surface area (Å²) in [6.07, 6.45) is 0. The van der Waals surface area contributed by atoms with Crippen LogP contribution in [0.2, 0.25) is 0 Å². The molecular weight excluding hydrogens is 302 g/mol. The largest absolute Gasteiger partial charge is 0.382 e. The van der Waals surface area contributed by atoms with Gasteiger partial charge in [-0.25, -0.2) is 0 Å². The predicted molar refractivity (Wildman–Crippen MR) is 78.9 cm³/mol. The molecule has 8 heteroatoms. The Morgan fingerprint density at radius 2 is 1.24 bits per heavy atom. The molecule has 0 saturated carbocycles. The number of nitrogens with one attached hydrogen (secondary N) is 1. The van der Waals surface area contributed by atoms with Crippen LogP contribution in [0.25, 0.3) is 0 Å². The molecule has 0 aliphatic carbocycles. The minimum atomic E-state index is -0.195. The number of rotatable bonds is 16. The van der Waals surface area contributed by atoms with Crippen LogP contribution in [0.5, 0.6) is 0 Å². The summed E-state index contributed by atoms with van der Waals surface area (Å²) < 4.78 is 25.9. The molecule has 0 aromatic heterocycles. The molecule has 126 valence electrons. The van der Waals surface area contributed by atoms with E-state index >= 15 is 0 Å². The van der Waals surface area contributed by atoms with Crippen LogP contribution in [0.4, 0.5) is 0 Å². The fourth-order valence-corrected chi connectivity index (χ4v) is 1.31. The fourth-order valence-electron chi connectivity index (χ4n) is 1.21. The maximum absolute atomic E-state index is 10.8. The van der Waals surface area contributed by atoms with E-state index in [-0.39, 0.29) is 11.8 Å². The average molecular weight is 328 g/mol. The Kier molecular flexibility index (Phi) is 17.2. The van der Waals surface area contributed by atoms with Crippen LogP contribution in [-0.2, 0) is 28.5 Å². The number of alkyl halides is 1. The zero-order chi connectivity index (χ0) is 15.6. The molecular formula is C13H26ClNO6. The molecule has 0 fully saturated rings. The summed E-state index contributed by atoms with van der Waals surface area (Å²) in [6, 6.07) is 0. The predicted octanol–water partition coefficient (Wildman–Crippen LogP) is 0.0542. The Morgan fingerprint density at radius 3 is 1.67 bits per heavy atom. The van der Waals surface area contributed by atoms with E-state index in [4.69, 9.17) is 35.3 Å². The first-order valence-corrected chi connectivity index (χ1v) is 7.47. The smallest absolute Gasteiger partial charge is 0.235 e. The SMILES string of the molecule is COCCOCCOCCOCCOCCNC(=O)CCl. The van der Waals surface area contributed by atoms with Crippen LogP contribution in [0, 0.1) is 0 Å². The molecule has 0 aromatic carbocycles. The first-order chi connectivity index (χ1) is 10.3. The summed E-state index contributed by atoms with van der Waals surface area (Å²) >= 11 is 5.32. The van der Waals surface area contributed by atoms with E-state index in [0.717, 1.165) is 0 Å². The van der Waals surface area contributed by atoms with Gasteiger partial charge in [0.25, 0.3) is 0 Å². The Bertz CT molecular complexity index is 233. The lowest BCUT2D eigenvalue weighted by Crippen LogP contribution is -2.28. The van der Waals surface area contributed by atoms with Crippen LogP contribution < -0.4 is 5.32 Å². The normalized spacial score (nSPS) is 10.8. The summed E-state index contributed by atoms with van der Waals surface area (Å²) in [7, 11) is 1.64. The van der Waals surface area contributed by atoms with Gasteiger partial charge < -0.3 is 29.0 Å². The van der Waals surface area contributed by atoms with Gasteiger partial charge in [-0.2, -0.15) is 0 Å². The van der Waals surface area contributed by atoms with Gasteiger partial charge in [0.2, 0.25) is 5.91 Å². The number of hydrogen-bond donors (Lipinski definition) is 1. The van der Waals surface area contributed by atoms with E-state index in [0.29, 0.717) is 66.0 Å². The van der Waals surface area contributed by atoms with Crippen molar-refractivity contribution in [1.29, 1.82) is 0 Å². The van der Waals surface area contributed by atoms with E-state index < -0.39 is 0 Å². The van der Waals surface area contributed by atoms with Crippen LogP contribution in [0.3, 0.4) is 0 Å². The lowest BCUT2D eigenvalue weighted by molar-refractivity contribution is -0.118. The van der Waals surface area contributed by atoms with Crippen molar-refractivity contribution in [2.75, 3.05) is 79.0 Å². The molecule has 0 rings (SSSR count). The van der Waals surface area contributed by atoms with Crippen molar-refractivity contribution >= 4 is 17.5 Å². The maximum atomic E-state index is 10.8. The molecule has 0 saturated heterocycles. The highest BCUT2D eigenvalue weighted by Crippen LogP contribution is 1.83. The molecule has 0 aliphatic rings. The van der Waals surface area contributed by atoms with Crippen molar-refractivity contribution in [2.45, 2.75) is 0 Å². The van der Waals surface area contributed by atoms with Crippen LogP contribution in [-0.4, -0.2) is 84.9 Å².